The lowest BCUT2D eigenvalue weighted by Crippen LogP contribution is -2.40. The van der Waals surface area contributed by atoms with Crippen molar-refractivity contribution >= 4 is 15.9 Å². The predicted molar refractivity (Wildman–Crippen MR) is 62.4 cm³/mol. The van der Waals surface area contributed by atoms with E-state index >= 15 is 0 Å². The lowest BCUT2D eigenvalue weighted by atomic mass is 10.4. The quantitative estimate of drug-likeness (QED) is 0.715. The molecule has 1 aliphatic rings. The number of hydrogen-bond acceptors (Lipinski definition) is 3. The van der Waals surface area contributed by atoms with Crippen LogP contribution < -0.4 is 4.72 Å². The highest BCUT2D eigenvalue weighted by Crippen LogP contribution is 2.16. The lowest BCUT2D eigenvalue weighted by Gasteiger charge is -2.16. The van der Waals surface area contributed by atoms with Gasteiger partial charge in [0.05, 0.1) is 5.25 Å². The number of amides is 1. The summed E-state index contributed by atoms with van der Waals surface area (Å²) in [5.41, 5.74) is 0. The zero-order valence-corrected chi connectivity index (χ0v) is 10.5. The zero-order chi connectivity index (χ0) is 12.3. The van der Waals surface area contributed by atoms with Crippen molar-refractivity contribution in [2.45, 2.75) is 31.6 Å². The molecule has 0 aromatic carbocycles. The third-order valence-electron chi connectivity index (χ3n) is 2.47. The van der Waals surface area contributed by atoms with Crippen LogP contribution in [-0.4, -0.2) is 43.6 Å². The summed E-state index contributed by atoms with van der Waals surface area (Å²) in [6.45, 7) is 7.68. The second kappa shape index (κ2) is 4.97. The minimum Gasteiger partial charge on any atom is -0.338 e. The fourth-order valence-corrected chi connectivity index (χ4v) is 3.38. The highest BCUT2D eigenvalue weighted by molar-refractivity contribution is 7.90. The van der Waals surface area contributed by atoms with Gasteiger partial charge in [-0.3, -0.25) is 4.79 Å². The first-order chi connectivity index (χ1) is 7.36. The number of nitrogens with one attached hydrogen (secondary N) is 1. The van der Waals surface area contributed by atoms with Crippen LogP contribution in [0.25, 0.3) is 0 Å². The summed E-state index contributed by atoms with van der Waals surface area (Å²) in [6.07, 6.45) is 1.70. The molecule has 1 unspecified atom stereocenters. The van der Waals surface area contributed by atoms with Crippen LogP contribution in [0.4, 0.5) is 0 Å². The number of nitrogens with zero attached hydrogens (tertiary/aromatic N) is 1. The Morgan fingerprint density at radius 2 is 2.19 bits per heavy atom. The number of rotatable bonds is 4. The van der Waals surface area contributed by atoms with Gasteiger partial charge in [0.15, 0.2) is 0 Å². The molecule has 0 spiro atoms. The van der Waals surface area contributed by atoms with E-state index in [0.717, 1.165) is 0 Å². The average molecular weight is 246 g/mol. The molecular formula is C10H18N2O3S. The number of carbonyl (C=O) groups excluding carboxylic acids is 1. The molecule has 1 N–H and O–H groups in total. The molecule has 1 saturated heterocycles. The molecule has 0 aromatic heterocycles. The van der Waals surface area contributed by atoms with E-state index in [9.17, 15) is 13.2 Å². The first-order valence-corrected chi connectivity index (χ1v) is 6.84. The first kappa shape index (κ1) is 13.2. The van der Waals surface area contributed by atoms with Crippen molar-refractivity contribution in [3.63, 3.8) is 0 Å². The largest absolute Gasteiger partial charge is 0.338 e. The van der Waals surface area contributed by atoms with E-state index in [1.165, 1.54) is 11.0 Å². The van der Waals surface area contributed by atoms with E-state index in [-0.39, 0.29) is 18.5 Å². The minimum absolute atomic E-state index is 0.117. The van der Waals surface area contributed by atoms with Crippen LogP contribution in [0, 0.1) is 0 Å². The molecular weight excluding hydrogens is 228 g/mol. The minimum atomic E-state index is -3.31. The third kappa shape index (κ3) is 3.05. The van der Waals surface area contributed by atoms with Crippen molar-refractivity contribution in [1.29, 1.82) is 0 Å². The SMILES string of the molecule is C=CC(=O)N1CCC(S(=O)(=O)NC(C)C)C1. The van der Waals surface area contributed by atoms with Crippen LogP contribution in [-0.2, 0) is 14.8 Å². The van der Waals surface area contributed by atoms with E-state index in [1.54, 1.807) is 13.8 Å². The fraction of sp³-hybridized carbons (Fsp3) is 0.700. The van der Waals surface area contributed by atoms with E-state index in [4.69, 9.17) is 0 Å². The number of carbonyl (C=O) groups is 1. The van der Waals surface area contributed by atoms with Crippen molar-refractivity contribution in [2.75, 3.05) is 13.1 Å². The summed E-state index contributed by atoms with van der Waals surface area (Å²) in [6, 6.07) is -0.117. The van der Waals surface area contributed by atoms with Crippen LogP contribution in [0.15, 0.2) is 12.7 Å². The average Bonchev–Trinajstić information content (AvgIpc) is 2.63. The summed E-state index contributed by atoms with van der Waals surface area (Å²) in [5, 5.41) is -0.501. The van der Waals surface area contributed by atoms with Gasteiger partial charge in [0.2, 0.25) is 15.9 Å². The van der Waals surface area contributed by atoms with Crippen molar-refractivity contribution in [3.05, 3.63) is 12.7 Å². The Morgan fingerprint density at radius 3 is 2.69 bits per heavy atom. The van der Waals surface area contributed by atoms with Crippen molar-refractivity contribution in [3.8, 4) is 0 Å². The van der Waals surface area contributed by atoms with Crippen LogP contribution in [0.2, 0.25) is 0 Å². The summed E-state index contributed by atoms with van der Waals surface area (Å²) >= 11 is 0. The summed E-state index contributed by atoms with van der Waals surface area (Å²) in [5.74, 6) is -0.206. The maximum Gasteiger partial charge on any atom is 0.245 e. The van der Waals surface area contributed by atoms with Gasteiger partial charge >= 0.3 is 0 Å². The third-order valence-corrected chi connectivity index (χ3v) is 4.53. The van der Waals surface area contributed by atoms with Crippen LogP contribution in [0.3, 0.4) is 0 Å². The summed E-state index contributed by atoms with van der Waals surface area (Å²) in [7, 11) is -3.31. The Kier molecular flexibility index (Phi) is 4.09. The van der Waals surface area contributed by atoms with Gasteiger partial charge in [-0.2, -0.15) is 0 Å². The van der Waals surface area contributed by atoms with Crippen molar-refractivity contribution in [1.82, 2.24) is 9.62 Å². The summed E-state index contributed by atoms with van der Waals surface area (Å²) < 4.78 is 26.2. The maximum absolute atomic E-state index is 11.8. The van der Waals surface area contributed by atoms with Gasteiger partial charge in [-0.1, -0.05) is 6.58 Å². The number of sulfonamides is 1. The summed E-state index contributed by atoms with van der Waals surface area (Å²) in [4.78, 5) is 12.8. The van der Waals surface area contributed by atoms with Gasteiger partial charge in [0, 0.05) is 19.1 Å². The van der Waals surface area contributed by atoms with Crippen LogP contribution in [0.1, 0.15) is 20.3 Å². The van der Waals surface area contributed by atoms with Gasteiger partial charge in [0.25, 0.3) is 0 Å². The molecule has 0 saturated carbocycles. The molecule has 1 heterocycles. The Hall–Kier alpha value is -0.880. The van der Waals surface area contributed by atoms with Gasteiger partial charge in [-0.25, -0.2) is 13.1 Å². The second-order valence-electron chi connectivity index (χ2n) is 4.22. The molecule has 1 rings (SSSR count). The number of hydrogen-bond donors (Lipinski definition) is 1. The molecule has 1 amide bonds. The second-order valence-corrected chi connectivity index (χ2v) is 6.21. The Morgan fingerprint density at radius 1 is 1.56 bits per heavy atom. The normalized spacial score (nSPS) is 21.4. The van der Waals surface area contributed by atoms with Gasteiger partial charge in [-0.15, -0.1) is 0 Å². The molecule has 92 valence electrons. The maximum atomic E-state index is 11.8. The molecule has 16 heavy (non-hydrogen) atoms. The van der Waals surface area contributed by atoms with Gasteiger partial charge in [0.1, 0.15) is 0 Å². The fourth-order valence-electron chi connectivity index (χ4n) is 1.74. The van der Waals surface area contributed by atoms with E-state index in [0.29, 0.717) is 13.0 Å². The van der Waals surface area contributed by atoms with Crippen molar-refractivity contribution < 1.29 is 13.2 Å². The molecule has 1 atom stereocenters. The molecule has 5 nitrogen and oxygen atoms in total. The molecule has 1 aliphatic heterocycles. The lowest BCUT2D eigenvalue weighted by molar-refractivity contribution is -0.124. The van der Waals surface area contributed by atoms with Crippen LogP contribution >= 0.6 is 0 Å². The highest BCUT2D eigenvalue weighted by atomic mass is 32.2. The first-order valence-electron chi connectivity index (χ1n) is 5.29. The standard InChI is InChI=1S/C10H18N2O3S/c1-4-10(13)12-6-5-9(7-12)16(14,15)11-8(2)3/h4,8-9,11H,1,5-7H2,2-3H3. The molecule has 0 aliphatic carbocycles. The molecule has 0 radical (unpaired) electrons. The Balaban J connectivity index is 2.66. The predicted octanol–water partition coefficient (Wildman–Crippen LogP) is 0.101. The molecule has 0 aromatic rings. The van der Waals surface area contributed by atoms with E-state index < -0.39 is 15.3 Å². The topological polar surface area (TPSA) is 66.5 Å². The Labute approximate surface area is 96.6 Å². The molecule has 6 heteroatoms. The number of likely N-dealkylation sites (tertiary alicyclic amines) is 1. The van der Waals surface area contributed by atoms with E-state index in [2.05, 4.69) is 11.3 Å². The highest BCUT2D eigenvalue weighted by Gasteiger charge is 2.34. The van der Waals surface area contributed by atoms with E-state index in [1.807, 2.05) is 0 Å². The monoisotopic (exact) mass is 246 g/mol. The molecule has 0 bridgehead atoms. The zero-order valence-electron chi connectivity index (χ0n) is 9.64. The van der Waals surface area contributed by atoms with Crippen LogP contribution in [0.5, 0.6) is 0 Å². The Bertz CT molecular complexity index is 376. The van der Waals surface area contributed by atoms with Gasteiger partial charge < -0.3 is 4.90 Å². The van der Waals surface area contributed by atoms with Crippen molar-refractivity contribution in [2.24, 2.45) is 0 Å². The smallest absolute Gasteiger partial charge is 0.245 e. The molecule has 1 fully saturated rings. The van der Waals surface area contributed by atoms with Gasteiger partial charge in [-0.05, 0) is 26.3 Å².